The molecule has 0 aliphatic carbocycles. The maximum atomic E-state index is 12.2. The molecule has 0 radical (unpaired) electrons. The maximum absolute atomic E-state index is 12.2. The highest BCUT2D eigenvalue weighted by molar-refractivity contribution is 6.32. The van der Waals surface area contributed by atoms with Crippen LogP contribution in [0.2, 0.25) is 5.02 Å². The highest BCUT2D eigenvalue weighted by atomic mass is 35.5. The van der Waals surface area contributed by atoms with Gasteiger partial charge in [-0.05, 0) is 30.5 Å². The number of hydrogen-bond donors (Lipinski definition) is 1. The number of ether oxygens (including phenoxy) is 1. The number of nitrogens with one attached hydrogen (secondary N) is 1. The van der Waals surface area contributed by atoms with Crippen LogP contribution >= 0.6 is 11.6 Å². The van der Waals surface area contributed by atoms with Crippen molar-refractivity contribution in [2.75, 3.05) is 6.54 Å². The fraction of sp³-hybridized carbons (Fsp3) is 0.278. The summed E-state index contributed by atoms with van der Waals surface area (Å²) in [6, 6.07) is 17.2. The van der Waals surface area contributed by atoms with Gasteiger partial charge in [0.05, 0.1) is 5.02 Å². The molecule has 2 rings (SSSR count). The smallest absolute Gasteiger partial charge is 0.261 e. The predicted octanol–water partition coefficient (Wildman–Crippen LogP) is 3.86. The van der Waals surface area contributed by atoms with Gasteiger partial charge in [-0.2, -0.15) is 0 Å². The van der Waals surface area contributed by atoms with E-state index in [-0.39, 0.29) is 5.91 Å². The van der Waals surface area contributed by atoms with E-state index < -0.39 is 6.10 Å². The van der Waals surface area contributed by atoms with Gasteiger partial charge < -0.3 is 10.1 Å². The van der Waals surface area contributed by atoms with E-state index in [1.807, 2.05) is 49.4 Å². The van der Waals surface area contributed by atoms with Crippen molar-refractivity contribution < 1.29 is 9.53 Å². The van der Waals surface area contributed by atoms with Crippen molar-refractivity contribution in [3.8, 4) is 5.75 Å². The molecule has 3 nitrogen and oxygen atoms in total. The zero-order chi connectivity index (χ0) is 15.8. The molecule has 0 saturated heterocycles. The summed E-state index contributed by atoms with van der Waals surface area (Å²) in [7, 11) is 0. The first-order valence-electron chi connectivity index (χ1n) is 7.43. The minimum absolute atomic E-state index is 0.113. The van der Waals surface area contributed by atoms with E-state index in [0.29, 0.717) is 23.7 Å². The summed E-state index contributed by atoms with van der Waals surface area (Å²) in [6.45, 7) is 2.50. The first kappa shape index (κ1) is 16.4. The van der Waals surface area contributed by atoms with Crippen LogP contribution in [0.5, 0.6) is 5.75 Å². The summed E-state index contributed by atoms with van der Waals surface area (Å²) in [6.07, 6.45) is 0.855. The monoisotopic (exact) mass is 317 g/mol. The van der Waals surface area contributed by atoms with E-state index in [4.69, 9.17) is 16.3 Å². The van der Waals surface area contributed by atoms with E-state index in [9.17, 15) is 4.79 Å². The van der Waals surface area contributed by atoms with Crippen LogP contribution in [0.25, 0.3) is 0 Å². The predicted molar refractivity (Wildman–Crippen MR) is 89.3 cm³/mol. The topological polar surface area (TPSA) is 38.3 Å². The Kier molecular flexibility index (Phi) is 6.28. The fourth-order valence-corrected chi connectivity index (χ4v) is 2.28. The summed E-state index contributed by atoms with van der Waals surface area (Å²) < 4.78 is 5.71. The Balaban J connectivity index is 1.85. The SMILES string of the molecule is CC[C@@H](Oc1ccccc1Cl)C(=O)NCCc1ccccc1. The number of halogens is 1. The Morgan fingerprint density at radius 3 is 2.50 bits per heavy atom. The Hall–Kier alpha value is -2.00. The molecule has 0 aromatic heterocycles. The normalized spacial score (nSPS) is 11.7. The van der Waals surface area contributed by atoms with E-state index >= 15 is 0 Å². The molecular weight excluding hydrogens is 298 g/mol. The lowest BCUT2D eigenvalue weighted by atomic mass is 10.1. The van der Waals surface area contributed by atoms with Gasteiger partial charge in [0.2, 0.25) is 0 Å². The average Bonchev–Trinajstić information content (AvgIpc) is 2.55. The third-order valence-electron chi connectivity index (χ3n) is 3.32. The summed E-state index contributed by atoms with van der Waals surface area (Å²) in [4.78, 5) is 12.2. The largest absolute Gasteiger partial charge is 0.479 e. The molecule has 1 amide bonds. The lowest BCUT2D eigenvalue weighted by molar-refractivity contribution is -0.128. The molecular formula is C18H20ClNO2. The summed E-state index contributed by atoms with van der Waals surface area (Å²) >= 11 is 6.06. The Labute approximate surface area is 136 Å². The molecule has 0 aliphatic rings. The van der Waals surface area contributed by atoms with Gasteiger partial charge in [0.25, 0.3) is 5.91 Å². The van der Waals surface area contributed by atoms with Crippen molar-refractivity contribution in [1.29, 1.82) is 0 Å². The zero-order valence-corrected chi connectivity index (χ0v) is 13.3. The van der Waals surface area contributed by atoms with Gasteiger partial charge in [0.15, 0.2) is 6.10 Å². The second-order valence-electron chi connectivity index (χ2n) is 4.97. The highest BCUT2D eigenvalue weighted by Crippen LogP contribution is 2.24. The van der Waals surface area contributed by atoms with Crippen molar-refractivity contribution in [3.05, 3.63) is 65.2 Å². The molecule has 0 heterocycles. The molecule has 2 aromatic carbocycles. The molecule has 0 saturated carbocycles. The maximum Gasteiger partial charge on any atom is 0.261 e. The Bertz CT molecular complexity index is 601. The van der Waals surface area contributed by atoms with Crippen molar-refractivity contribution in [3.63, 3.8) is 0 Å². The zero-order valence-electron chi connectivity index (χ0n) is 12.6. The summed E-state index contributed by atoms with van der Waals surface area (Å²) in [5.74, 6) is 0.424. The Morgan fingerprint density at radius 2 is 1.82 bits per heavy atom. The van der Waals surface area contributed by atoms with Crippen molar-refractivity contribution in [2.45, 2.75) is 25.9 Å². The minimum Gasteiger partial charge on any atom is -0.479 e. The molecule has 1 atom stereocenters. The first-order chi connectivity index (χ1) is 10.7. The van der Waals surface area contributed by atoms with Gasteiger partial charge in [-0.3, -0.25) is 4.79 Å². The van der Waals surface area contributed by atoms with E-state index in [0.717, 1.165) is 6.42 Å². The van der Waals surface area contributed by atoms with Crippen LogP contribution in [0.3, 0.4) is 0 Å². The summed E-state index contributed by atoms with van der Waals surface area (Å²) in [5.41, 5.74) is 1.20. The third-order valence-corrected chi connectivity index (χ3v) is 3.64. The third kappa shape index (κ3) is 4.78. The lowest BCUT2D eigenvalue weighted by Crippen LogP contribution is -2.39. The highest BCUT2D eigenvalue weighted by Gasteiger charge is 2.18. The van der Waals surface area contributed by atoms with Gasteiger partial charge in [-0.25, -0.2) is 0 Å². The van der Waals surface area contributed by atoms with Gasteiger partial charge in [0.1, 0.15) is 5.75 Å². The van der Waals surface area contributed by atoms with Crippen molar-refractivity contribution >= 4 is 17.5 Å². The van der Waals surface area contributed by atoms with Gasteiger partial charge in [0, 0.05) is 6.54 Å². The van der Waals surface area contributed by atoms with Crippen LogP contribution in [0, 0.1) is 0 Å². The molecule has 0 spiro atoms. The molecule has 1 N–H and O–H groups in total. The number of para-hydroxylation sites is 1. The number of carbonyl (C=O) groups excluding carboxylic acids is 1. The first-order valence-corrected chi connectivity index (χ1v) is 7.81. The number of carbonyl (C=O) groups is 1. The van der Waals surface area contributed by atoms with E-state index in [1.165, 1.54) is 5.56 Å². The van der Waals surface area contributed by atoms with Crippen LogP contribution in [0.15, 0.2) is 54.6 Å². The number of benzene rings is 2. The van der Waals surface area contributed by atoms with Gasteiger partial charge in [-0.1, -0.05) is 61.0 Å². The molecule has 116 valence electrons. The molecule has 22 heavy (non-hydrogen) atoms. The quantitative estimate of drug-likeness (QED) is 0.842. The number of rotatable bonds is 7. The average molecular weight is 318 g/mol. The van der Waals surface area contributed by atoms with Gasteiger partial charge in [-0.15, -0.1) is 0 Å². The second-order valence-corrected chi connectivity index (χ2v) is 5.38. The minimum atomic E-state index is -0.532. The molecule has 2 aromatic rings. The number of amides is 1. The fourth-order valence-electron chi connectivity index (χ4n) is 2.10. The number of hydrogen-bond acceptors (Lipinski definition) is 2. The molecule has 0 fully saturated rings. The molecule has 0 aliphatic heterocycles. The molecule has 0 unspecified atom stereocenters. The van der Waals surface area contributed by atoms with Crippen LogP contribution in [-0.4, -0.2) is 18.6 Å². The lowest BCUT2D eigenvalue weighted by Gasteiger charge is -2.18. The van der Waals surface area contributed by atoms with E-state index in [1.54, 1.807) is 12.1 Å². The molecule has 4 heteroatoms. The van der Waals surface area contributed by atoms with Crippen LogP contribution in [-0.2, 0) is 11.2 Å². The summed E-state index contributed by atoms with van der Waals surface area (Å²) in [5, 5.41) is 3.43. The Morgan fingerprint density at radius 1 is 1.14 bits per heavy atom. The standard InChI is InChI=1S/C18H20ClNO2/c1-2-16(22-17-11-7-6-10-15(17)19)18(21)20-13-12-14-8-4-3-5-9-14/h3-11,16H,2,12-13H2,1H3,(H,20,21)/t16-/m1/s1. The second kappa shape index (κ2) is 8.44. The van der Waals surface area contributed by atoms with Crippen LogP contribution in [0.1, 0.15) is 18.9 Å². The van der Waals surface area contributed by atoms with Crippen LogP contribution < -0.4 is 10.1 Å². The van der Waals surface area contributed by atoms with E-state index in [2.05, 4.69) is 5.32 Å². The molecule has 0 bridgehead atoms. The van der Waals surface area contributed by atoms with Crippen molar-refractivity contribution in [2.24, 2.45) is 0 Å². The van der Waals surface area contributed by atoms with Crippen LogP contribution in [0.4, 0.5) is 0 Å². The van der Waals surface area contributed by atoms with Crippen molar-refractivity contribution in [1.82, 2.24) is 5.32 Å². The van der Waals surface area contributed by atoms with Gasteiger partial charge >= 0.3 is 0 Å².